The number of hydrogen-bond donors (Lipinski definition) is 1. The van der Waals surface area contributed by atoms with Gasteiger partial charge in [-0.2, -0.15) is 0 Å². The smallest absolute Gasteiger partial charge is 0.150 e. The molecule has 0 amide bonds. The third kappa shape index (κ3) is 3.84. The minimum Gasteiger partial charge on any atom is -0.314 e. The van der Waals surface area contributed by atoms with Crippen molar-refractivity contribution in [3.63, 3.8) is 0 Å². The molecule has 0 radical (unpaired) electrons. The van der Waals surface area contributed by atoms with Crippen molar-refractivity contribution in [2.45, 2.75) is 32.2 Å². The van der Waals surface area contributed by atoms with Crippen molar-refractivity contribution < 1.29 is 8.42 Å². The lowest BCUT2D eigenvalue weighted by Gasteiger charge is -2.22. The van der Waals surface area contributed by atoms with Crippen LogP contribution in [0.15, 0.2) is 0 Å². The molecule has 3 nitrogen and oxygen atoms in total. The summed E-state index contributed by atoms with van der Waals surface area (Å²) in [5, 5.41) is 3.34. The van der Waals surface area contributed by atoms with Gasteiger partial charge >= 0.3 is 0 Å². The van der Waals surface area contributed by atoms with Crippen LogP contribution in [0.4, 0.5) is 0 Å². The van der Waals surface area contributed by atoms with Crippen molar-refractivity contribution in [1.82, 2.24) is 5.32 Å². The Bertz CT molecular complexity index is 329. The number of rotatable bonds is 5. The van der Waals surface area contributed by atoms with Gasteiger partial charge in [-0.15, -0.1) is 12.3 Å². The molecule has 1 heterocycles. The fourth-order valence-electron chi connectivity index (χ4n) is 2.15. The van der Waals surface area contributed by atoms with E-state index in [4.69, 9.17) is 6.42 Å². The summed E-state index contributed by atoms with van der Waals surface area (Å²) in [4.78, 5) is 0. The van der Waals surface area contributed by atoms with Crippen molar-refractivity contribution in [2.24, 2.45) is 5.92 Å². The molecule has 1 fully saturated rings. The fraction of sp³-hybridized carbons (Fsp3) is 0.818. The molecule has 1 N–H and O–H groups in total. The van der Waals surface area contributed by atoms with Crippen LogP contribution in [0.3, 0.4) is 0 Å². The predicted molar refractivity (Wildman–Crippen MR) is 62.3 cm³/mol. The molecule has 0 spiro atoms. The van der Waals surface area contributed by atoms with Crippen LogP contribution in [0.2, 0.25) is 0 Å². The van der Waals surface area contributed by atoms with E-state index < -0.39 is 9.84 Å². The first kappa shape index (κ1) is 12.5. The molecule has 0 bridgehead atoms. The topological polar surface area (TPSA) is 46.2 Å². The number of sulfone groups is 1. The molecule has 2 atom stereocenters. The van der Waals surface area contributed by atoms with Gasteiger partial charge in [-0.05, 0) is 25.3 Å². The molecule has 0 aromatic heterocycles. The number of terminal acetylenes is 1. The largest absolute Gasteiger partial charge is 0.314 e. The summed E-state index contributed by atoms with van der Waals surface area (Å²) in [5.41, 5.74) is 0. The van der Waals surface area contributed by atoms with Gasteiger partial charge in [-0.3, -0.25) is 0 Å². The normalized spacial score (nSPS) is 26.0. The highest BCUT2D eigenvalue weighted by Gasteiger charge is 2.32. The van der Waals surface area contributed by atoms with Gasteiger partial charge in [-0.1, -0.05) is 6.92 Å². The van der Waals surface area contributed by atoms with E-state index in [1.165, 1.54) is 0 Å². The van der Waals surface area contributed by atoms with Crippen LogP contribution in [0.1, 0.15) is 26.2 Å². The highest BCUT2D eigenvalue weighted by Crippen LogP contribution is 2.24. The molecule has 0 aliphatic carbocycles. The van der Waals surface area contributed by atoms with Crippen LogP contribution >= 0.6 is 0 Å². The summed E-state index contributed by atoms with van der Waals surface area (Å²) in [6, 6.07) is 0.267. The van der Waals surface area contributed by atoms with Crippen molar-refractivity contribution in [3.05, 3.63) is 0 Å². The third-order valence-corrected chi connectivity index (χ3v) is 4.70. The molecular weight excluding hydrogens is 210 g/mol. The molecule has 0 aromatic carbocycles. The maximum atomic E-state index is 11.4. The molecule has 15 heavy (non-hydrogen) atoms. The van der Waals surface area contributed by atoms with E-state index in [-0.39, 0.29) is 12.0 Å². The van der Waals surface area contributed by atoms with Gasteiger partial charge < -0.3 is 5.32 Å². The maximum absolute atomic E-state index is 11.4. The Morgan fingerprint density at radius 3 is 2.80 bits per heavy atom. The second-order valence-corrected chi connectivity index (χ2v) is 6.30. The van der Waals surface area contributed by atoms with Gasteiger partial charge in [0.25, 0.3) is 0 Å². The molecule has 4 heteroatoms. The Kier molecular flexibility index (Phi) is 4.62. The molecular formula is C11H19NO2S. The first-order valence-electron chi connectivity index (χ1n) is 5.46. The first-order valence-corrected chi connectivity index (χ1v) is 7.28. The first-order chi connectivity index (χ1) is 7.09. The average molecular weight is 229 g/mol. The van der Waals surface area contributed by atoms with Crippen LogP contribution < -0.4 is 5.32 Å². The molecule has 1 rings (SSSR count). The van der Waals surface area contributed by atoms with Gasteiger partial charge in [0, 0.05) is 12.5 Å². The molecule has 0 aromatic rings. The molecule has 1 aliphatic rings. The lowest BCUT2D eigenvalue weighted by molar-refractivity contribution is 0.371. The minimum absolute atomic E-state index is 0.253. The molecule has 0 saturated carbocycles. The Balaban J connectivity index is 2.53. The van der Waals surface area contributed by atoms with Crippen LogP contribution in [-0.4, -0.2) is 32.5 Å². The third-order valence-electron chi connectivity index (χ3n) is 2.90. The zero-order valence-electron chi connectivity index (χ0n) is 9.20. The van der Waals surface area contributed by atoms with E-state index in [1.54, 1.807) is 0 Å². The fourth-order valence-corrected chi connectivity index (χ4v) is 4.03. The van der Waals surface area contributed by atoms with Gasteiger partial charge in [0.05, 0.1) is 11.5 Å². The summed E-state index contributed by atoms with van der Waals surface area (Å²) in [6.07, 6.45) is 7.61. The van der Waals surface area contributed by atoms with E-state index in [0.29, 0.717) is 17.9 Å². The van der Waals surface area contributed by atoms with Crippen molar-refractivity contribution in [3.8, 4) is 12.3 Å². The van der Waals surface area contributed by atoms with Gasteiger partial charge in [0.1, 0.15) is 0 Å². The van der Waals surface area contributed by atoms with Crippen molar-refractivity contribution in [1.29, 1.82) is 0 Å². The standard InChI is InChI=1S/C11H19NO2S/c1-3-5-6-11(12-4-2)10-7-8-15(13,14)9-10/h1,10-12H,4-9H2,2H3. The van der Waals surface area contributed by atoms with Crippen LogP contribution in [0.5, 0.6) is 0 Å². The lowest BCUT2D eigenvalue weighted by Crippen LogP contribution is -2.36. The summed E-state index contributed by atoms with van der Waals surface area (Å²) >= 11 is 0. The zero-order valence-corrected chi connectivity index (χ0v) is 10.0. The van der Waals surface area contributed by atoms with Gasteiger partial charge in [0.15, 0.2) is 9.84 Å². The quantitative estimate of drug-likeness (QED) is 0.710. The Morgan fingerprint density at radius 2 is 2.33 bits per heavy atom. The van der Waals surface area contributed by atoms with Crippen LogP contribution in [0.25, 0.3) is 0 Å². The molecule has 1 saturated heterocycles. The summed E-state index contributed by atoms with van der Waals surface area (Å²) < 4.78 is 22.7. The second kappa shape index (κ2) is 5.53. The van der Waals surface area contributed by atoms with E-state index in [9.17, 15) is 8.42 Å². The van der Waals surface area contributed by atoms with Gasteiger partial charge in [-0.25, -0.2) is 8.42 Å². The molecule has 86 valence electrons. The average Bonchev–Trinajstić information content (AvgIpc) is 2.53. The predicted octanol–water partition coefficient (Wildman–Crippen LogP) is 0.813. The monoisotopic (exact) mass is 229 g/mol. The Morgan fingerprint density at radius 1 is 1.60 bits per heavy atom. The summed E-state index contributed by atoms with van der Waals surface area (Å²) in [5.74, 6) is 3.54. The van der Waals surface area contributed by atoms with Gasteiger partial charge in [0.2, 0.25) is 0 Å². The summed E-state index contributed by atoms with van der Waals surface area (Å²) in [7, 11) is -2.78. The summed E-state index contributed by atoms with van der Waals surface area (Å²) in [6.45, 7) is 2.90. The van der Waals surface area contributed by atoms with Crippen molar-refractivity contribution >= 4 is 9.84 Å². The second-order valence-electron chi connectivity index (χ2n) is 4.07. The van der Waals surface area contributed by atoms with Crippen LogP contribution in [-0.2, 0) is 9.84 Å². The lowest BCUT2D eigenvalue weighted by atomic mass is 9.95. The highest BCUT2D eigenvalue weighted by atomic mass is 32.2. The Hall–Kier alpha value is -0.530. The van der Waals surface area contributed by atoms with Crippen LogP contribution in [0, 0.1) is 18.3 Å². The maximum Gasteiger partial charge on any atom is 0.150 e. The molecule has 1 aliphatic heterocycles. The zero-order chi connectivity index (χ0) is 11.3. The Labute approximate surface area is 92.6 Å². The highest BCUT2D eigenvalue weighted by molar-refractivity contribution is 7.91. The van der Waals surface area contributed by atoms with E-state index >= 15 is 0 Å². The number of nitrogens with one attached hydrogen (secondary N) is 1. The van der Waals surface area contributed by atoms with E-state index in [1.807, 2.05) is 6.92 Å². The van der Waals surface area contributed by atoms with E-state index in [0.717, 1.165) is 19.4 Å². The molecule has 2 unspecified atom stereocenters. The van der Waals surface area contributed by atoms with Crippen molar-refractivity contribution in [2.75, 3.05) is 18.1 Å². The number of hydrogen-bond acceptors (Lipinski definition) is 3. The van der Waals surface area contributed by atoms with E-state index in [2.05, 4.69) is 11.2 Å². The SMILES string of the molecule is C#CCCC(NCC)C1CCS(=O)(=O)C1. The minimum atomic E-state index is -2.78.